The Kier molecular flexibility index (Phi) is 6.51. The molecule has 1 heterocycles. The van der Waals surface area contributed by atoms with E-state index in [0.717, 1.165) is 24.8 Å². The number of hydrogen-bond acceptors (Lipinski definition) is 4. The Labute approximate surface area is 170 Å². The molecule has 2 aliphatic rings. The Hall–Kier alpha value is -1.08. The molecule has 27 heavy (non-hydrogen) atoms. The van der Waals surface area contributed by atoms with Gasteiger partial charge in [0.05, 0.1) is 6.61 Å². The highest BCUT2D eigenvalue weighted by atomic mass is 79.9. The average Bonchev–Trinajstić information content (AvgIpc) is 3.07. The minimum absolute atomic E-state index is 0.0397. The van der Waals surface area contributed by atoms with Crippen LogP contribution in [0.5, 0.6) is 5.75 Å². The number of halogens is 1. The van der Waals surface area contributed by atoms with Gasteiger partial charge in [-0.3, -0.25) is 4.79 Å². The number of hydrogen-bond donors (Lipinski definition) is 1. The van der Waals surface area contributed by atoms with Crippen molar-refractivity contribution in [3.63, 3.8) is 0 Å². The lowest BCUT2D eigenvalue weighted by Crippen LogP contribution is -2.38. The molecule has 150 valence electrons. The van der Waals surface area contributed by atoms with Crippen molar-refractivity contribution in [2.45, 2.75) is 63.7 Å². The largest absolute Gasteiger partial charge is 0.492 e. The van der Waals surface area contributed by atoms with Crippen LogP contribution in [-0.2, 0) is 21.2 Å². The summed E-state index contributed by atoms with van der Waals surface area (Å²) in [6.45, 7) is 4.43. The fourth-order valence-electron chi connectivity index (χ4n) is 4.16. The quantitative estimate of drug-likeness (QED) is 0.685. The highest BCUT2D eigenvalue weighted by Crippen LogP contribution is 2.36. The number of fused-ring (bicyclic) bond motifs is 1. The second kappa shape index (κ2) is 8.52. The van der Waals surface area contributed by atoms with Gasteiger partial charge in [-0.25, -0.2) is 13.1 Å². The summed E-state index contributed by atoms with van der Waals surface area (Å²) in [4.78, 5) is 12.9. The summed E-state index contributed by atoms with van der Waals surface area (Å²) in [6, 6.07) is 3.37. The molecular weight excluding hydrogens is 430 g/mol. The van der Waals surface area contributed by atoms with Gasteiger partial charge in [-0.2, -0.15) is 0 Å². The molecule has 1 N–H and O–H groups in total. The van der Waals surface area contributed by atoms with Gasteiger partial charge in [-0.15, -0.1) is 0 Å². The van der Waals surface area contributed by atoms with E-state index >= 15 is 0 Å². The number of sulfonamides is 1. The van der Waals surface area contributed by atoms with E-state index in [1.165, 1.54) is 25.3 Å². The molecule has 1 aliphatic heterocycles. The standard InChI is InChI=1S/C20H28BrNO4S/c1-13(2)17(10-14-6-4-3-5-7-14)20(23)22-27(24,25)18-12-16(21)11-15-8-9-26-19(15)18/h11-14,17H,3-10H2,1-2H3,(H,22,23). The Bertz CT molecular complexity index is 800. The highest BCUT2D eigenvalue weighted by molar-refractivity contribution is 9.10. The fourth-order valence-corrected chi connectivity index (χ4v) is 6.06. The molecule has 1 saturated carbocycles. The smallest absolute Gasteiger partial charge is 0.267 e. The van der Waals surface area contributed by atoms with E-state index < -0.39 is 15.9 Å². The molecule has 0 spiro atoms. The summed E-state index contributed by atoms with van der Waals surface area (Å²) in [5, 5.41) is 0. The number of carbonyl (C=O) groups excluding carboxylic acids is 1. The van der Waals surface area contributed by atoms with Crippen molar-refractivity contribution in [2.24, 2.45) is 17.8 Å². The third-order valence-electron chi connectivity index (χ3n) is 5.69. The predicted molar refractivity (Wildman–Crippen MR) is 108 cm³/mol. The zero-order chi connectivity index (χ0) is 19.6. The number of amides is 1. The molecule has 1 atom stereocenters. The van der Waals surface area contributed by atoms with Crippen molar-refractivity contribution in [1.82, 2.24) is 4.72 Å². The summed E-state index contributed by atoms with van der Waals surface area (Å²) in [5.41, 5.74) is 0.847. The molecule has 0 bridgehead atoms. The first-order valence-corrected chi connectivity index (χ1v) is 12.1. The van der Waals surface area contributed by atoms with Crippen LogP contribution < -0.4 is 9.46 Å². The first-order chi connectivity index (χ1) is 12.8. The van der Waals surface area contributed by atoms with Crippen LogP contribution in [0.1, 0.15) is 57.9 Å². The molecule has 3 rings (SSSR count). The monoisotopic (exact) mass is 457 g/mol. The van der Waals surface area contributed by atoms with E-state index in [9.17, 15) is 13.2 Å². The van der Waals surface area contributed by atoms with Crippen LogP contribution in [0.25, 0.3) is 0 Å². The summed E-state index contributed by atoms with van der Waals surface area (Å²) in [6.07, 6.45) is 7.37. The lowest BCUT2D eigenvalue weighted by molar-refractivity contribution is -0.125. The van der Waals surface area contributed by atoms with Gasteiger partial charge in [-0.05, 0) is 30.4 Å². The Morgan fingerprint density at radius 3 is 2.63 bits per heavy atom. The lowest BCUT2D eigenvalue weighted by atomic mass is 9.79. The summed E-state index contributed by atoms with van der Waals surface area (Å²) in [7, 11) is -3.98. The van der Waals surface area contributed by atoms with Gasteiger partial charge < -0.3 is 4.74 Å². The molecule has 1 unspecified atom stereocenters. The van der Waals surface area contributed by atoms with E-state index in [2.05, 4.69) is 20.7 Å². The first kappa shape index (κ1) is 20.6. The average molecular weight is 458 g/mol. The predicted octanol–water partition coefficient (Wildman–Crippen LogP) is 4.43. The van der Waals surface area contributed by atoms with Gasteiger partial charge in [0.1, 0.15) is 10.6 Å². The van der Waals surface area contributed by atoms with Crippen molar-refractivity contribution in [1.29, 1.82) is 0 Å². The van der Waals surface area contributed by atoms with Crippen LogP contribution in [0, 0.1) is 17.8 Å². The summed E-state index contributed by atoms with van der Waals surface area (Å²) in [5.74, 6) is 0.267. The number of carbonyl (C=O) groups is 1. The van der Waals surface area contributed by atoms with E-state index in [-0.39, 0.29) is 16.7 Å². The Morgan fingerprint density at radius 2 is 1.96 bits per heavy atom. The van der Waals surface area contributed by atoms with Gasteiger partial charge in [0, 0.05) is 22.4 Å². The van der Waals surface area contributed by atoms with Crippen molar-refractivity contribution < 1.29 is 17.9 Å². The van der Waals surface area contributed by atoms with Crippen LogP contribution in [0.4, 0.5) is 0 Å². The van der Waals surface area contributed by atoms with E-state index in [1.807, 2.05) is 19.9 Å². The Balaban J connectivity index is 1.78. The number of rotatable bonds is 6. The minimum Gasteiger partial charge on any atom is -0.492 e. The molecule has 7 heteroatoms. The fraction of sp³-hybridized carbons (Fsp3) is 0.650. The van der Waals surface area contributed by atoms with E-state index in [1.54, 1.807) is 0 Å². The number of benzene rings is 1. The van der Waals surface area contributed by atoms with Gasteiger partial charge >= 0.3 is 0 Å². The van der Waals surface area contributed by atoms with E-state index in [4.69, 9.17) is 4.74 Å². The van der Waals surface area contributed by atoms with Gasteiger partial charge in [-0.1, -0.05) is 61.9 Å². The van der Waals surface area contributed by atoms with Crippen molar-refractivity contribution >= 4 is 31.9 Å². The maximum absolute atomic E-state index is 12.9. The van der Waals surface area contributed by atoms with Crippen molar-refractivity contribution in [3.05, 3.63) is 22.2 Å². The highest BCUT2D eigenvalue weighted by Gasteiger charge is 2.32. The first-order valence-electron chi connectivity index (χ1n) is 9.80. The van der Waals surface area contributed by atoms with Crippen molar-refractivity contribution in [2.75, 3.05) is 6.61 Å². The molecule has 1 amide bonds. The van der Waals surface area contributed by atoms with Gasteiger partial charge in [0.25, 0.3) is 10.0 Å². The van der Waals surface area contributed by atoms with Crippen LogP contribution in [0.3, 0.4) is 0 Å². The molecule has 1 aliphatic carbocycles. The third-order valence-corrected chi connectivity index (χ3v) is 7.50. The second-order valence-corrected chi connectivity index (χ2v) is 10.6. The molecule has 0 saturated heterocycles. The van der Waals surface area contributed by atoms with Crippen LogP contribution >= 0.6 is 15.9 Å². The number of nitrogens with one attached hydrogen (secondary N) is 1. The molecule has 1 fully saturated rings. The third kappa shape index (κ3) is 4.86. The zero-order valence-electron chi connectivity index (χ0n) is 16.0. The van der Waals surface area contributed by atoms with Crippen LogP contribution in [-0.4, -0.2) is 20.9 Å². The Morgan fingerprint density at radius 1 is 1.26 bits per heavy atom. The lowest BCUT2D eigenvalue weighted by Gasteiger charge is -2.28. The molecule has 0 radical (unpaired) electrons. The second-order valence-electron chi connectivity index (χ2n) is 8.05. The maximum atomic E-state index is 12.9. The van der Waals surface area contributed by atoms with Crippen molar-refractivity contribution in [3.8, 4) is 5.75 Å². The molecular formula is C20H28BrNO4S. The minimum atomic E-state index is -3.98. The SMILES string of the molecule is CC(C)C(CC1CCCCC1)C(=O)NS(=O)(=O)c1cc(Br)cc2c1OCC2. The normalized spacial score (nSPS) is 18.8. The molecule has 1 aromatic rings. The summed E-state index contributed by atoms with van der Waals surface area (Å²) < 4.78 is 34.4. The summed E-state index contributed by atoms with van der Waals surface area (Å²) >= 11 is 3.36. The zero-order valence-corrected chi connectivity index (χ0v) is 18.4. The molecule has 5 nitrogen and oxygen atoms in total. The van der Waals surface area contributed by atoms with Gasteiger partial charge in [0.15, 0.2) is 0 Å². The molecule has 0 aromatic heterocycles. The van der Waals surface area contributed by atoms with Crippen LogP contribution in [0.15, 0.2) is 21.5 Å². The van der Waals surface area contributed by atoms with Crippen LogP contribution in [0.2, 0.25) is 0 Å². The topological polar surface area (TPSA) is 72.5 Å². The van der Waals surface area contributed by atoms with E-state index in [0.29, 0.717) is 29.2 Å². The number of ether oxygens (including phenoxy) is 1. The van der Waals surface area contributed by atoms with Gasteiger partial charge in [0.2, 0.25) is 5.91 Å². The molecule has 1 aromatic carbocycles. The maximum Gasteiger partial charge on any atom is 0.267 e.